The first-order valence-electron chi connectivity index (χ1n) is 25.0. The smallest absolute Gasteiger partial charge is 0.256 e. The number of anilines is 6. The number of aryl methyl sites for hydroxylation is 4. The molecule has 0 bridgehead atoms. The third-order valence-electron chi connectivity index (χ3n) is 15.4. The van der Waals surface area contributed by atoms with Crippen molar-refractivity contribution in [3.63, 3.8) is 0 Å². The zero-order valence-electron chi connectivity index (χ0n) is 41.2. The van der Waals surface area contributed by atoms with Crippen LogP contribution in [0.15, 0.2) is 170 Å². The average molecular weight is 905 g/mol. The van der Waals surface area contributed by atoms with Gasteiger partial charge in [-0.3, -0.25) is 0 Å². The van der Waals surface area contributed by atoms with Crippen LogP contribution in [0.3, 0.4) is 0 Å². The Morgan fingerprint density at radius 2 is 0.714 bits per heavy atom. The molecule has 0 saturated carbocycles. The Kier molecular flexibility index (Phi) is 9.65. The molecule has 70 heavy (non-hydrogen) atoms. The molecule has 0 N–H and O–H groups in total. The third kappa shape index (κ3) is 6.53. The van der Waals surface area contributed by atoms with Crippen LogP contribution in [0, 0.1) is 27.7 Å². The first-order chi connectivity index (χ1) is 34.0. The Bertz CT molecular complexity index is 3360. The molecule has 4 aliphatic rings. The zero-order valence-corrected chi connectivity index (χ0v) is 41.2. The highest BCUT2D eigenvalue weighted by atomic mass is 16.5. The molecule has 6 heteroatoms. The highest BCUT2D eigenvalue weighted by molar-refractivity contribution is 7.02. The summed E-state index contributed by atoms with van der Waals surface area (Å²) < 4.78 is 15.4. The number of nitrogens with zero attached hydrogens (tertiary/aromatic N) is 2. The predicted molar refractivity (Wildman–Crippen MR) is 296 cm³/mol. The van der Waals surface area contributed by atoms with E-state index in [0.717, 1.165) is 79.0 Å². The zero-order chi connectivity index (χ0) is 47.7. The molecule has 4 heterocycles. The molecule has 0 atom stereocenters. The molecular weight excluding hydrogens is 850 g/mol. The van der Waals surface area contributed by atoms with E-state index in [0.29, 0.717) is 11.8 Å². The van der Waals surface area contributed by atoms with E-state index in [1.165, 1.54) is 66.6 Å². The molecule has 9 aromatic rings. The SMILES string of the molecule is Cc1ccc(N2c3ccc(C)cc3B3c4cc(-c5ccc(C(C)C)cc5)ccc4Oc4c3c2c2c3c4N(c4ccc(C)cc4)c4ccc(C)cc4B3c3cc(-c4ccc(C(C)C)cc4)ccc3O2)cc1. The molecule has 0 saturated heterocycles. The summed E-state index contributed by atoms with van der Waals surface area (Å²) in [6.07, 6.45) is 0. The Morgan fingerprint density at radius 1 is 0.357 bits per heavy atom. The lowest BCUT2D eigenvalue weighted by Crippen LogP contribution is -2.64. The lowest BCUT2D eigenvalue weighted by Gasteiger charge is -2.47. The number of rotatable bonds is 6. The highest BCUT2D eigenvalue weighted by Crippen LogP contribution is 2.54. The maximum absolute atomic E-state index is 7.69. The van der Waals surface area contributed by atoms with Crippen LogP contribution in [0.25, 0.3) is 22.3 Å². The van der Waals surface area contributed by atoms with Gasteiger partial charge in [-0.25, -0.2) is 0 Å². The van der Waals surface area contributed by atoms with E-state index >= 15 is 0 Å². The molecule has 0 fully saturated rings. The Morgan fingerprint density at radius 3 is 1.09 bits per heavy atom. The summed E-state index contributed by atoms with van der Waals surface area (Å²) in [7, 11) is 0. The van der Waals surface area contributed by atoms with Gasteiger partial charge in [-0.15, -0.1) is 0 Å². The van der Waals surface area contributed by atoms with Gasteiger partial charge < -0.3 is 19.3 Å². The van der Waals surface area contributed by atoms with Gasteiger partial charge in [-0.05, 0) is 143 Å². The minimum atomic E-state index is -0.166. The standard InChI is InChI=1S/C64H54B2N2O2/c1-37(2)43-15-19-45(20-16-43)47-23-31-57-53(35-47)65-51-33-41(7)13-29-55(51)67(49-25-9-39(5)10-26-49)61-59(65)63(69-57)62-60-64(61)70-58-32-24-48(46-21-17-44(18-22-46)38(3)4)36-54(58)66(60)52-34-42(8)14-30-56(52)68(62)50-27-11-40(6)12-28-50/h9-38H,1-8H3. The Balaban J connectivity index is 1.14. The van der Waals surface area contributed by atoms with Crippen LogP contribution in [0.5, 0.6) is 23.0 Å². The number of fused-ring (bicyclic) bond motifs is 10. The van der Waals surface area contributed by atoms with E-state index in [-0.39, 0.29) is 13.4 Å². The first-order valence-corrected chi connectivity index (χ1v) is 25.0. The highest BCUT2D eigenvalue weighted by Gasteiger charge is 2.52. The van der Waals surface area contributed by atoms with E-state index in [1.54, 1.807) is 0 Å². The second kappa shape index (κ2) is 15.9. The van der Waals surface area contributed by atoms with E-state index < -0.39 is 0 Å². The maximum atomic E-state index is 7.69. The van der Waals surface area contributed by atoms with Crippen molar-refractivity contribution >= 4 is 80.3 Å². The summed E-state index contributed by atoms with van der Waals surface area (Å²) in [5.41, 5.74) is 25.7. The van der Waals surface area contributed by atoms with Crippen LogP contribution in [0.1, 0.15) is 72.9 Å². The molecular formula is C64H54B2N2O2. The summed E-state index contributed by atoms with van der Waals surface area (Å²) in [6.45, 7) is 17.4. The summed E-state index contributed by atoms with van der Waals surface area (Å²) in [4.78, 5) is 4.94. The Hall–Kier alpha value is -7.69. The van der Waals surface area contributed by atoms with Crippen LogP contribution in [-0.2, 0) is 0 Å². The van der Waals surface area contributed by atoms with Gasteiger partial charge >= 0.3 is 0 Å². The van der Waals surface area contributed by atoms with Crippen LogP contribution >= 0.6 is 0 Å². The molecule has 4 nitrogen and oxygen atoms in total. The fourth-order valence-corrected chi connectivity index (χ4v) is 11.7. The van der Waals surface area contributed by atoms with Gasteiger partial charge in [0.1, 0.15) is 23.0 Å². The van der Waals surface area contributed by atoms with Crippen molar-refractivity contribution < 1.29 is 9.47 Å². The number of benzene rings is 9. The summed E-state index contributed by atoms with van der Waals surface area (Å²) in [6, 6.07) is 63.8. The second-order valence-electron chi connectivity index (χ2n) is 20.8. The van der Waals surface area contributed by atoms with Crippen molar-refractivity contribution in [1.29, 1.82) is 0 Å². The molecule has 0 unspecified atom stereocenters. The van der Waals surface area contributed by atoms with Gasteiger partial charge in [0, 0.05) is 33.7 Å². The summed E-state index contributed by atoms with van der Waals surface area (Å²) in [5.74, 6) is 4.40. The van der Waals surface area contributed by atoms with E-state index in [9.17, 15) is 0 Å². The molecule has 13 rings (SSSR count). The van der Waals surface area contributed by atoms with Gasteiger partial charge in [0.15, 0.2) is 0 Å². The van der Waals surface area contributed by atoms with E-state index in [4.69, 9.17) is 9.47 Å². The molecule has 0 aromatic heterocycles. The van der Waals surface area contributed by atoms with Crippen molar-refractivity contribution in [3.05, 3.63) is 203 Å². The van der Waals surface area contributed by atoms with Gasteiger partial charge in [0.2, 0.25) is 0 Å². The van der Waals surface area contributed by atoms with Crippen molar-refractivity contribution in [2.24, 2.45) is 0 Å². The predicted octanol–water partition coefficient (Wildman–Crippen LogP) is 13.3. The van der Waals surface area contributed by atoms with Crippen molar-refractivity contribution in [1.82, 2.24) is 0 Å². The second-order valence-corrected chi connectivity index (χ2v) is 20.8. The van der Waals surface area contributed by atoms with E-state index in [1.807, 2.05) is 0 Å². The number of ether oxygens (including phenoxy) is 2. The monoisotopic (exact) mass is 904 g/mol. The molecule has 0 spiro atoms. The van der Waals surface area contributed by atoms with Crippen LogP contribution in [-0.4, -0.2) is 13.4 Å². The maximum Gasteiger partial charge on any atom is 0.256 e. The fourth-order valence-electron chi connectivity index (χ4n) is 11.7. The van der Waals surface area contributed by atoms with Gasteiger partial charge in [0.05, 0.1) is 11.4 Å². The van der Waals surface area contributed by atoms with Crippen LogP contribution in [0.2, 0.25) is 0 Å². The molecule has 338 valence electrons. The Labute approximate surface area is 413 Å². The minimum Gasteiger partial charge on any atom is -0.456 e. The van der Waals surface area contributed by atoms with E-state index in [2.05, 4.69) is 235 Å². The first kappa shape index (κ1) is 42.4. The third-order valence-corrected chi connectivity index (χ3v) is 15.4. The lowest BCUT2D eigenvalue weighted by atomic mass is 9.31. The molecule has 0 radical (unpaired) electrons. The summed E-state index contributed by atoms with van der Waals surface area (Å²) >= 11 is 0. The molecule has 4 aliphatic heterocycles. The fraction of sp³-hybridized carbons (Fsp3) is 0.156. The van der Waals surface area contributed by atoms with Crippen LogP contribution in [0.4, 0.5) is 34.1 Å². The average Bonchev–Trinajstić information content (AvgIpc) is 3.37. The number of hydrogen-bond donors (Lipinski definition) is 0. The van der Waals surface area contributed by atoms with Crippen molar-refractivity contribution in [3.8, 4) is 45.3 Å². The molecule has 9 aromatic carbocycles. The summed E-state index contributed by atoms with van der Waals surface area (Å²) in [5, 5.41) is 0. The minimum absolute atomic E-state index is 0.166. The van der Waals surface area contributed by atoms with Gasteiger partial charge in [-0.2, -0.15) is 0 Å². The largest absolute Gasteiger partial charge is 0.456 e. The number of hydrogen-bond acceptors (Lipinski definition) is 4. The van der Waals surface area contributed by atoms with Crippen LogP contribution < -0.4 is 52.1 Å². The molecule has 0 amide bonds. The quantitative estimate of drug-likeness (QED) is 0.155. The molecule has 0 aliphatic carbocycles. The topological polar surface area (TPSA) is 24.9 Å². The van der Waals surface area contributed by atoms with Crippen molar-refractivity contribution in [2.45, 2.75) is 67.2 Å². The van der Waals surface area contributed by atoms with Crippen molar-refractivity contribution in [2.75, 3.05) is 9.80 Å². The lowest BCUT2D eigenvalue weighted by molar-refractivity contribution is 0.477. The normalized spacial score (nSPS) is 13.5. The van der Waals surface area contributed by atoms with Gasteiger partial charge in [0.25, 0.3) is 13.4 Å². The van der Waals surface area contributed by atoms with Gasteiger partial charge in [-0.1, -0.05) is 171 Å².